The molecule has 0 unspecified atom stereocenters. The zero-order valence-corrected chi connectivity index (χ0v) is 11.3. The summed E-state index contributed by atoms with van der Waals surface area (Å²) in [6.45, 7) is 1.35. The molecule has 5 N–H and O–H groups in total. The number of carbonyl (C=O) groups is 1. The Morgan fingerprint density at radius 3 is 3.00 bits per heavy atom. The first-order valence-corrected chi connectivity index (χ1v) is 6.70. The number of carboxylic acid groups (broad SMARTS) is 1. The van der Waals surface area contributed by atoms with Gasteiger partial charge in [-0.25, -0.2) is 19.7 Å². The molecule has 21 heavy (non-hydrogen) atoms. The molecule has 1 atom stereocenters. The van der Waals surface area contributed by atoms with E-state index in [9.17, 15) is 4.79 Å². The third kappa shape index (κ3) is 2.45. The minimum atomic E-state index is -1.07. The predicted octanol–water partition coefficient (Wildman–Crippen LogP) is 0.453. The van der Waals surface area contributed by atoms with Gasteiger partial charge in [0.25, 0.3) is 0 Å². The highest BCUT2D eigenvalue weighted by atomic mass is 16.4. The fourth-order valence-corrected chi connectivity index (χ4v) is 2.72. The normalized spacial score (nSPS) is 22.1. The van der Waals surface area contributed by atoms with Crippen LogP contribution in [0.15, 0.2) is 18.5 Å². The van der Waals surface area contributed by atoms with Gasteiger partial charge in [-0.3, -0.25) is 0 Å². The second kappa shape index (κ2) is 5.13. The molecule has 8 heteroatoms. The van der Waals surface area contributed by atoms with Gasteiger partial charge in [0.1, 0.15) is 11.8 Å². The zero-order chi connectivity index (χ0) is 14.9. The Labute approximate surface area is 120 Å². The number of nitrogen functional groups attached to an aromatic ring is 1. The summed E-state index contributed by atoms with van der Waals surface area (Å²) in [6.07, 6.45) is 1.85. The van der Waals surface area contributed by atoms with Crippen molar-refractivity contribution in [2.45, 2.75) is 18.4 Å². The maximum atomic E-state index is 11.2. The van der Waals surface area contributed by atoms with Gasteiger partial charge in [-0.2, -0.15) is 0 Å². The van der Waals surface area contributed by atoms with Crippen LogP contribution >= 0.6 is 0 Å². The number of nitrogens with two attached hydrogens (primary N) is 1. The lowest BCUT2D eigenvalue weighted by Crippen LogP contribution is -2.55. The van der Waals surface area contributed by atoms with E-state index in [1.54, 1.807) is 12.1 Å². The molecule has 0 radical (unpaired) electrons. The Balaban J connectivity index is 2.10. The zero-order valence-electron chi connectivity index (χ0n) is 11.3. The van der Waals surface area contributed by atoms with E-state index in [2.05, 4.69) is 25.6 Å². The molecular weight excluding hydrogens is 272 g/mol. The van der Waals surface area contributed by atoms with Crippen LogP contribution < -0.4 is 16.4 Å². The first kappa shape index (κ1) is 13.5. The van der Waals surface area contributed by atoms with Gasteiger partial charge in [-0.05, 0) is 31.5 Å². The molecule has 3 heterocycles. The number of anilines is 1. The average molecular weight is 288 g/mol. The number of nitrogens with zero attached hydrogens (tertiary/aromatic N) is 3. The smallest absolute Gasteiger partial charge is 0.405 e. The van der Waals surface area contributed by atoms with E-state index in [1.165, 1.54) is 6.33 Å². The monoisotopic (exact) mass is 288 g/mol. The largest absolute Gasteiger partial charge is 0.465 e. The molecule has 3 rings (SSSR count). The van der Waals surface area contributed by atoms with Crippen LogP contribution in [0.5, 0.6) is 0 Å². The van der Waals surface area contributed by atoms with Crippen molar-refractivity contribution in [1.29, 1.82) is 0 Å². The van der Waals surface area contributed by atoms with Gasteiger partial charge in [0.05, 0.1) is 16.7 Å². The van der Waals surface area contributed by atoms with E-state index in [0.29, 0.717) is 29.7 Å². The molecule has 0 aliphatic carbocycles. The summed E-state index contributed by atoms with van der Waals surface area (Å²) >= 11 is 0. The molecule has 0 aromatic carbocycles. The van der Waals surface area contributed by atoms with Gasteiger partial charge in [-0.1, -0.05) is 0 Å². The summed E-state index contributed by atoms with van der Waals surface area (Å²) in [6, 6.07) is 3.58. The van der Waals surface area contributed by atoms with E-state index in [1.807, 2.05) is 0 Å². The quantitative estimate of drug-likeness (QED) is 0.632. The molecule has 2 aromatic rings. The second-order valence-electron chi connectivity index (χ2n) is 5.12. The lowest BCUT2D eigenvalue weighted by atomic mass is 9.86. The van der Waals surface area contributed by atoms with Gasteiger partial charge >= 0.3 is 6.09 Å². The Hall–Kier alpha value is -2.48. The summed E-state index contributed by atoms with van der Waals surface area (Å²) in [4.78, 5) is 23.7. The Morgan fingerprint density at radius 1 is 1.43 bits per heavy atom. The molecule has 2 aromatic heterocycles. The SMILES string of the molecule is Nc1ncnc2ccc([C@]3(NC(=O)O)CCCNC3)nc12. The molecule has 0 bridgehead atoms. The van der Waals surface area contributed by atoms with Crippen molar-refractivity contribution < 1.29 is 9.90 Å². The first-order valence-electron chi connectivity index (χ1n) is 6.70. The Bertz CT molecular complexity index is 683. The van der Waals surface area contributed by atoms with Crippen LogP contribution in [-0.2, 0) is 5.54 Å². The Kier molecular flexibility index (Phi) is 3.30. The van der Waals surface area contributed by atoms with Crippen molar-refractivity contribution >= 4 is 22.9 Å². The number of pyridine rings is 1. The maximum Gasteiger partial charge on any atom is 0.405 e. The van der Waals surface area contributed by atoms with Crippen molar-refractivity contribution in [2.75, 3.05) is 18.8 Å². The third-order valence-corrected chi connectivity index (χ3v) is 3.73. The van der Waals surface area contributed by atoms with E-state index in [-0.39, 0.29) is 5.82 Å². The van der Waals surface area contributed by atoms with Crippen LogP contribution in [0.4, 0.5) is 10.6 Å². The number of amides is 1. The van der Waals surface area contributed by atoms with Crippen LogP contribution in [0.1, 0.15) is 18.5 Å². The number of piperidine rings is 1. The molecular formula is C13H16N6O2. The maximum absolute atomic E-state index is 11.2. The molecule has 1 aliphatic heterocycles. The van der Waals surface area contributed by atoms with Crippen LogP contribution in [-0.4, -0.2) is 39.2 Å². The first-order chi connectivity index (χ1) is 10.1. The molecule has 0 saturated carbocycles. The van der Waals surface area contributed by atoms with Crippen LogP contribution in [0.3, 0.4) is 0 Å². The lowest BCUT2D eigenvalue weighted by Gasteiger charge is -2.37. The van der Waals surface area contributed by atoms with Crippen molar-refractivity contribution in [2.24, 2.45) is 0 Å². The third-order valence-electron chi connectivity index (χ3n) is 3.73. The van der Waals surface area contributed by atoms with E-state index in [4.69, 9.17) is 10.8 Å². The molecule has 1 saturated heterocycles. The molecule has 1 amide bonds. The predicted molar refractivity (Wildman–Crippen MR) is 76.7 cm³/mol. The van der Waals surface area contributed by atoms with Crippen LogP contribution in [0.2, 0.25) is 0 Å². The fourth-order valence-electron chi connectivity index (χ4n) is 2.72. The van der Waals surface area contributed by atoms with Gasteiger partial charge < -0.3 is 21.5 Å². The number of hydrogen-bond acceptors (Lipinski definition) is 6. The fraction of sp³-hybridized carbons (Fsp3) is 0.385. The molecule has 8 nitrogen and oxygen atoms in total. The summed E-state index contributed by atoms with van der Waals surface area (Å²) in [5, 5.41) is 15.0. The molecule has 110 valence electrons. The summed E-state index contributed by atoms with van der Waals surface area (Å²) in [5.41, 5.74) is 6.85. The van der Waals surface area contributed by atoms with Crippen molar-refractivity contribution in [1.82, 2.24) is 25.6 Å². The minimum Gasteiger partial charge on any atom is -0.465 e. The van der Waals surface area contributed by atoms with Gasteiger partial charge in [0, 0.05) is 6.54 Å². The lowest BCUT2D eigenvalue weighted by molar-refractivity contribution is 0.165. The standard InChI is InChI=1S/C13H16N6O2/c14-11-10-8(16-7-17-11)2-3-9(18-10)13(19-12(20)21)4-1-5-15-6-13/h2-3,7,15,19H,1,4-6H2,(H,20,21)(H2,14,16,17)/t13-/m0/s1. The summed E-state index contributed by atoms with van der Waals surface area (Å²) in [5.74, 6) is 0.288. The second-order valence-corrected chi connectivity index (χ2v) is 5.12. The summed E-state index contributed by atoms with van der Waals surface area (Å²) in [7, 11) is 0. The number of fused-ring (bicyclic) bond motifs is 1. The van der Waals surface area contributed by atoms with E-state index in [0.717, 1.165) is 13.0 Å². The van der Waals surface area contributed by atoms with Crippen LogP contribution in [0, 0.1) is 0 Å². The Morgan fingerprint density at radius 2 is 2.29 bits per heavy atom. The highest BCUT2D eigenvalue weighted by molar-refractivity contribution is 5.83. The molecule has 1 aliphatic rings. The number of hydrogen-bond donors (Lipinski definition) is 4. The van der Waals surface area contributed by atoms with Crippen molar-refractivity contribution in [3.05, 3.63) is 24.2 Å². The van der Waals surface area contributed by atoms with Crippen molar-refractivity contribution in [3.63, 3.8) is 0 Å². The van der Waals surface area contributed by atoms with Gasteiger partial charge in [-0.15, -0.1) is 0 Å². The topological polar surface area (TPSA) is 126 Å². The van der Waals surface area contributed by atoms with Gasteiger partial charge in [0.15, 0.2) is 5.82 Å². The molecule has 0 spiro atoms. The van der Waals surface area contributed by atoms with Crippen molar-refractivity contribution in [3.8, 4) is 0 Å². The minimum absolute atomic E-state index is 0.288. The van der Waals surface area contributed by atoms with E-state index >= 15 is 0 Å². The highest BCUT2D eigenvalue weighted by Gasteiger charge is 2.37. The van der Waals surface area contributed by atoms with Gasteiger partial charge in [0.2, 0.25) is 0 Å². The average Bonchev–Trinajstić information content (AvgIpc) is 2.47. The van der Waals surface area contributed by atoms with E-state index < -0.39 is 11.6 Å². The number of rotatable bonds is 2. The number of nitrogens with one attached hydrogen (secondary N) is 2. The summed E-state index contributed by atoms with van der Waals surface area (Å²) < 4.78 is 0. The molecule has 1 fully saturated rings. The highest BCUT2D eigenvalue weighted by Crippen LogP contribution is 2.29. The van der Waals surface area contributed by atoms with Crippen LogP contribution in [0.25, 0.3) is 11.0 Å². The number of aromatic nitrogens is 3.